The predicted molar refractivity (Wildman–Crippen MR) is 61.1 cm³/mol. The average molecular weight is 230 g/mol. The normalized spacial score (nSPS) is 12.6. The van der Waals surface area contributed by atoms with Crippen molar-refractivity contribution < 1.29 is 5.11 Å². The molecule has 0 aliphatic carbocycles. The molecule has 15 heavy (non-hydrogen) atoms. The van der Waals surface area contributed by atoms with Crippen LogP contribution in [0, 0.1) is 0 Å². The van der Waals surface area contributed by atoms with E-state index in [4.69, 9.17) is 11.6 Å². The molecule has 1 N–H and O–H groups in total. The monoisotopic (exact) mass is 229 g/mol. The maximum Gasteiger partial charge on any atom is 0.140 e. The summed E-state index contributed by atoms with van der Waals surface area (Å²) in [4.78, 5) is 9.99. The number of anilines is 1. The molecule has 0 aliphatic rings. The van der Waals surface area contributed by atoms with Gasteiger partial charge in [0.05, 0.1) is 12.2 Å². The first-order valence-corrected chi connectivity index (χ1v) is 5.32. The lowest BCUT2D eigenvalue weighted by molar-refractivity contribution is 0.281. The van der Waals surface area contributed by atoms with E-state index >= 15 is 0 Å². The van der Waals surface area contributed by atoms with Gasteiger partial charge in [-0.2, -0.15) is 0 Å². The Morgan fingerprint density at radius 1 is 1.53 bits per heavy atom. The second kappa shape index (κ2) is 5.28. The number of hydrogen-bond donors (Lipinski definition) is 1. The van der Waals surface area contributed by atoms with E-state index in [-0.39, 0.29) is 6.61 Å². The van der Waals surface area contributed by atoms with Crippen LogP contribution in [0.1, 0.15) is 25.8 Å². The van der Waals surface area contributed by atoms with Crippen LogP contribution in [0.25, 0.3) is 0 Å². The average Bonchev–Trinajstić information content (AvgIpc) is 2.26. The van der Waals surface area contributed by atoms with Crippen molar-refractivity contribution in [1.82, 2.24) is 9.97 Å². The number of aliphatic hydroxyl groups is 1. The molecule has 0 aliphatic heterocycles. The molecule has 1 unspecified atom stereocenters. The van der Waals surface area contributed by atoms with Crippen molar-refractivity contribution in [3.63, 3.8) is 0 Å². The summed E-state index contributed by atoms with van der Waals surface area (Å²) < 4.78 is 0. The summed E-state index contributed by atoms with van der Waals surface area (Å²) in [6.07, 6.45) is 2.42. The fourth-order valence-electron chi connectivity index (χ4n) is 1.30. The third-order valence-corrected chi connectivity index (χ3v) is 2.94. The second-order valence-electron chi connectivity index (χ2n) is 3.49. The Hall–Kier alpha value is -0.870. The molecule has 0 aromatic carbocycles. The molecule has 4 nitrogen and oxygen atoms in total. The molecule has 1 aromatic rings. The highest BCUT2D eigenvalue weighted by Gasteiger charge is 2.15. The molecular formula is C10H16ClN3O. The minimum atomic E-state index is -0.143. The zero-order valence-corrected chi connectivity index (χ0v) is 9.99. The van der Waals surface area contributed by atoms with Gasteiger partial charge in [-0.1, -0.05) is 18.5 Å². The van der Waals surface area contributed by atoms with Gasteiger partial charge in [-0.05, 0) is 13.3 Å². The zero-order chi connectivity index (χ0) is 11.4. The van der Waals surface area contributed by atoms with Crippen molar-refractivity contribution in [1.29, 1.82) is 0 Å². The van der Waals surface area contributed by atoms with E-state index in [1.54, 1.807) is 0 Å². The second-order valence-corrected chi connectivity index (χ2v) is 3.85. The van der Waals surface area contributed by atoms with Crippen molar-refractivity contribution in [2.24, 2.45) is 0 Å². The summed E-state index contributed by atoms with van der Waals surface area (Å²) in [7, 11) is 1.94. The van der Waals surface area contributed by atoms with Crippen LogP contribution in [-0.4, -0.2) is 28.2 Å². The van der Waals surface area contributed by atoms with Gasteiger partial charge in [0.15, 0.2) is 0 Å². The molecule has 5 heteroatoms. The molecule has 0 fully saturated rings. The van der Waals surface area contributed by atoms with Gasteiger partial charge < -0.3 is 10.0 Å². The zero-order valence-electron chi connectivity index (χ0n) is 9.24. The summed E-state index contributed by atoms with van der Waals surface area (Å²) in [6, 6.07) is 0.348. The van der Waals surface area contributed by atoms with Crippen LogP contribution in [-0.2, 0) is 6.61 Å². The summed E-state index contributed by atoms with van der Waals surface area (Å²) in [5, 5.41) is 9.53. The lowest BCUT2D eigenvalue weighted by atomic mass is 10.2. The first-order chi connectivity index (χ1) is 7.11. The van der Waals surface area contributed by atoms with E-state index in [0.717, 1.165) is 6.42 Å². The molecule has 1 aromatic heterocycles. The Bertz CT molecular complexity index is 332. The molecule has 84 valence electrons. The van der Waals surface area contributed by atoms with E-state index in [0.29, 0.717) is 22.6 Å². The van der Waals surface area contributed by atoms with E-state index in [1.807, 2.05) is 11.9 Å². The van der Waals surface area contributed by atoms with Crippen LogP contribution in [0.5, 0.6) is 0 Å². The molecule has 1 heterocycles. The molecule has 0 amide bonds. The van der Waals surface area contributed by atoms with Crippen LogP contribution in [0.4, 0.5) is 5.82 Å². The maximum absolute atomic E-state index is 9.21. The highest BCUT2D eigenvalue weighted by atomic mass is 35.5. The Labute approximate surface area is 94.9 Å². The summed E-state index contributed by atoms with van der Waals surface area (Å²) >= 11 is 5.88. The Balaban J connectivity index is 3.07. The number of hydrogen-bond acceptors (Lipinski definition) is 4. The van der Waals surface area contributed by atoms with Crippen molar-refractivity contribution in [2.45, 2.75) is 32.9 Å². The van der Waals surface area contributed by atoms with Gasteiger partial charge in [0.2, 0.25) is 0 Å². The van der Waals surface area contributed by atoms with Crippen LogP contribution in [0.15, 0.2) is 6.33 Å². The van der Waals surface area contributed by atoms with Gasteiger partial charge in [0.1, 0.15) is 17.3 Å². The lowest BCUT2D eigenvalue weighted by Gasteiger charge is -2.26. The molecular weight excluding hydrogens is 214 g/mol. The smallest absolute Gasteiger partial charge is 0.140 e. The molecule has 0 spiro atoms. The molecule has 1 rings (SSSR count). The third kappa shape index (κ3) is 2.58. The van der Waals surface area contributed by atoms with E-state index in [9.17, 15) is 5.11 Å². The van der Waals surface area contributed by atoms with Crippen molar-refractivity contribution >= 4 is 17.4 Å². The number of nitrogens with zero attached hydrogens (tertiary/aromatic N) is 3. The number of aliphatic hydroxyl groups excluding tert-OH is 1. The summed E-state index contributed by atoms with van der Waals surface area (Å²) in [5.74, 6) is 0.701. The van der Waals surface area contributed by atoms with Crippen LogP contribution < -0.4 is 4.90 Å². The molecule has 0 bridgehead atoms. The SMILES string of the molecule is CCC(C)N(C)c1ncnc(Cl)c1CO. The lowest BCUT2D eigenvalue weighted by Crippen LogP contribution is -2.30. The quantitative estimate of drug-likeness (QED) is 0.801. The number of aromatic nitrogens is 2. The number of rotatable bonds is 4. The van der Waals surface area contributed by atoms with Crippen LogP contribution >= 0.6 is 11.6 Å². The Morgan fingerprint density at radius 3 is 2.73 bits per heavy atom. The Kier molecular flexibility index (Phi) is 4.29. The van der Waals surface area contributed by atoms with Crippen molar-refractivity contribution in [3.05, 3.63) is 17.0 Å². The van der Waals surface area contributed by atoms with Gasteiger partial charge in [-0.3, -0.25) is 0 Å². The van der Waals surface area contributed by atoms with E-state index in [1.165, 1.54) is 6.33 Å². The third-order valence-electron chi connectivity index (χ3n) is 2.61. The van der Waals surface area contributed by atoms with Crippen molar-refractivity contribution in [2.75, 3.05) is 11.9 Å². The predicted octanol–water partition coefficient (Wildman–Crippen LogP) is 1.86. The van der Waals surface area contributed by atoms with E-state index in [2.05, 4.69) is 23.8 Å². The fourth-order valence-corrected chi connectivity index (χ4v) is 1.49. The minimum Gasteiger partial charge on any atom is -0.391 e. The summed E-state index contributed by atoms with van der Waals surface area (Å²) in [5.41, 5.74) is 0.585. The van der Waals surface area contributed by atoms with Crippen molar-refractivity contribution in [3.8, 4) is 0 Å². The van der Waals surface area contributed by atoms with Gasteiger partial charge >= 0.3 is 0 Å². The van der Waals surface area contributed by atoms with Gasteiger partial charge in [-0.25, -0.2) is 9.97 Å². The highest BCUT2D eigenvalue weighted by molar-refractivity contribution is 6.30. The maximum atomic E-state index is 9.21. The number of halogens is 1. The minimum absolute atomic E-state index is 0.143. The first-order valence-electron chi connectivity index (χ1n) is 4.94. The topological polar surface area (TPSA) is 49.2 Å². The molecule has 1 atom stereocenters. The first kappa shape index (κ1) is 12.2. The standard InChI is InChI=1S/C10H16ClN3O/c1-4-7(2)14(3)10-8(5-15)9(11)12-6-13-10/h6-7,15H,4-5H2,1-3H3. The fraction of sp³-hybridized carbons (Fsp3) is 0.600. The van der Waals surface area contributed by atoms with E-state index < -0.39 is 0 Å². The van der Waals surface area contributed by atoms with Crippen LogP contribution in [0.2, 0.25) is 5.15 Å². The molecule has 0 saturated heterocycles. The van der Waals surface area contributed by atoms with Gasteiger partial charge in [0, 0.05) is 13.1 Å². The molecule has 0 radical (unpaired) electrons. The van der Waals surface area contributed by atoms with Gasteiger partial charge in [0.25, 0.3) is 0 Å². The van der Waals surface area contributed by atoms with Gasteiger partial charge in [-0.15, -0.1) is 0 Å². The molecule has 0 saturated carbocycles. The summed E-state index contributed by atoms with van der Waals surface area (Å²) in [6.45, 7) is 4.05. The Morgan fingerprint density at radius 2 is 2.20 bits per heavy atom. The largest absolute Gasteiger partial charge is 0.391 e. The van der Waals surface area contributed by atoms with Crippen LogP contribution in [0.3, 0.4) is 0 Å². The highest BCUT2D eigenvalue weighted by Crippen LogP contribution is 2.24.